The number of fused-ring (bicyclic) bond motifs is 3. The Bertz CT molecular complexity index is 569. The normalized spacial score (nSPS) is 34.4. The molecule has 1 atom stereocenters. The summed E-state index contributed by atoms with van der Waals surface area (Å²) >= 11 is 0. The van der Waals surface area contributed by atoms with Crippen LogP contribution in [0.15, 0.2) is 29.2 Å². The van der Waals surface area contributed by atoms with Gasteiger partial charge in [0.2, 0.25) is 0 Å². The van der Waals surface area contributed by atoms with E-state index in [1.54, 1.807) is 12.1 Å². The maximum atomic E-state index is 11.5. The molecule has 0 aromatic heterocycles. The average Bonchev–Trinajstić information content (AvgIpc) is 2.39. The second kappa shape index (κ2) is 4.32. The number of rotatable bonds is 2. The Kier molecular flexibility index (Phi) is 2.98. The average molecular weight is 279 g/mol. The lowest BCUT2D eigenvalue weighted by molar-refractivity contribution is 0.108. The van der Waals surface area contributed by atoms with Gasteiger partial charge >= 0.3 is 0 Å². The van der Waals surface area contributed by atoms with Crippen LogP contribution < -0.4 is 5.73 Å². The second-order valence-electron chi connectivity index (χ2n) is 6.24. The van der Waals surface area contributed by atoms with Gasteiger partial charge in [0, 0.05) is 17.7 Å². The van der Waals surface area contributed by atoms with Crippen LogP contribution in [0.1, 0.15) is 37.7 Å². The number of benzene rings is 1. The van der Waals surface area contributed by atoms with Crippen LogP contribution in [0.2, 0.25) is 0 Å². The van der Waals surface area contributed by atoms with Gasteiger partial charge in [-0.3, -0.25) is 0 Å². The highest BCUT2D eigenvalue weighted by Crippen LogP contribution is 2.51. The van der Waals surface area contributed by atoms with Crippen LogP contribution >= 0.6 is 0 Å². The first kappa shape index (κ1) is 13.1. The summed E-state index contributed by atoms with van der Waals surface area (Å²) < 4.78 is 23.0. The molecule has 0 radical (unpaired) electrons. The topological polar surface area (TPSA) is 60.2 Å². The van der Waals surface area contributed by atoms with Crippen LogP contribution in [-0.2, 0) is 15.3 Å². The monoisotopic (exact) mass is 279 g/mol. The number of hydrogen-bond donors (Lipinski definition) is 1. The first-order chi connectivity index (χ1) is 8.92. The van der Waals surface area contributed by atoms with E-state index in [0.29, 0.717) is 4.90 Å². The van der Waals surface area contributed by atoms with E-state index >= 15 is 0 Å². The summed E-state index contributed by atoms with van der Waals surface area (Å²) in [5, 5.41) is 0. The fourth-order valence-electron chi connectivity index (χ4n) is 3.92. The van der Waals surface area contributed by atoms with E-state index in [1.165, 1.54) is 24.7 Å². The summed E-state index contributed by atoms with van der Waals surface area (Å²) in [5.41, 5.74) is 7.71. The molecule has 4 heteroatoms. The van der Waals surface area contributed by atoms with Crippen molar-refractivity contribution in [3.63, 3.8) is 0 Å². The first-order valence-corrected chi connectivity index (χ1v) is 8.87. The third-order valence-electron chi connectivity index (χ3n) is 5.15. The minimum absolute atomic E-state index is 0.0881. The second-order valence-corrected chi connectivity index (χ2v) is 8.25. The summed E-state index contributed by atoms with van der Waals surface area (Å²) in [6.45, 7) is 0. The van der Waals surface area contributed by atoms with Gasteiger partial charge in [0.25, 0.3) is 0 Å². The van der Waals surface area contributed by atoms with Crippen LogP contribution in [0.4, 0.5) is 0 Å². The molecule has 3 saturated carbocycles. The van der Waals surface area contributed by atoms with Crippen molar-refractivity contribution in [2.45, 2.75) is 48.5 Å². The Balaban J connectivity index is 1.97. The zero-order valence-corrected chi connectivity index (χ0v) is 12.1. The number of nitrogens with two attached hydrogens (primary N) is 1. The molecule has 104 valence electrons. The van der Waals surface area contributed by atoms with Crippen molar-refractivity contribution in [3.05, 3.63) is 29.8 Å². The molecule has 4 rings (SSSR count). The van der Waals surface area contributed by atoms with Crippen molar-refractivity contribution in [1.82, 2.24) is 0 Å². The largest absolute Gasteiger partial charge is 0.327 e. The fraction of sp³-hybridized carbons (Fsp3) is 0.600. The third kappa shape index (κ3) is 2.11. The Morgan fingerprint density at radius 2 is 1.74 bits per heavy atom. The van der Waals surface area contributed by atoms with E-state index in [1.807, 2.05) is 12.1 Å². The standard InChI is InChI=1S/C15H21NO2S/c1-19(17,18)13-4-2-12(3-5-13)15-8-6-11(7-9-15)10-14(15)16/h2-5,11,14H,6-10,16H2,1H3. The molecule has 19 heavy (non-hydrogen) atoms. The Morgan fingerprint density at radius 3 is 2.21 bits per heavy atom. The molecule has 0 saturated heterocycles. The number of sulfone groups is 1. The van der Waals surface area contributed by atoms with Gasteiger partial charge in [-0.2, -0.15) is 0 Å². The van der Waals surface area contributed by atoms with Crippen molar-refractivity contribution < 1.29 is 8.42 Å². The van der Waals surface area contributed by atoms with Gasteiger partial charge in [0.05, 0.1) is 4.90 Å². The summed E-state index contributed by atoms with van der Waals surface area (Å²) in [7, 11) is -3.11. The molecule has 1 aromatic rings. The maximum absolute atomic E-state index is 11.5. The molecular formula is C15H21NO2S. The predicted molar refractivity (Wildman–Crippen MR) is 75.8 cm³/mol. The molecule has 3 nitrogen and oxygen atoms in total. The number of hydrogen-bond acceptors (Lipinski definition) is 3. The highest BCUT2D eigenvalue weighted by atomic mass is 32.2. The van der Waals surface area contributed by atoms with Crippen LogP contribution in [-0.4, -0.2) is 20.7 Å². The van der Waals surface area contributed by atoms with E-state index in [0.717, 1.165) is 25.2 Å². The summed E-state index contributed by atoms with van der Waals surface area (Å²) in [4.78, 5) is 0.394. The molecule has 1 aromatic carbocycles. The van der Waals surface area contributed by atoms with Gasteiger partial charge in [-0.25, -0.2) is 8.42 Å². The molecule has 0 spiro atoms. The Hall–Kier alpha value is -0.870. The van der Waals surface area contributed by atoms with Gasteiger partial charge < -0.3 is 5.73 Å². The molecule has 3 aliphatic rings. The van der Waals surface area contributed by atoms with Crippen molar-refractivity contribution in [3.8, 4) is 0 Å². The van der Waals surface area contributed by atoms with Crippen LogP contribution in [0, 0.1) is 5.92 Å². The van der Waals surface area contributed by atoms with Gasteiger partial charge in [0.15, 0.2) is 9.84 Å². The SMILES string of the molecule is CS(=O)(=O)c1ccc(C23CCC(CC2)CC3N)cc1. The van der Waals surface area contributed by atoms with Gasteiger partial charge in [-0.1, -0.05) is 12.1 Å². The summed E-state index contributed by atoms with van der Waals surface area (Å²) in [5.74, 6) is 0.812. The molecule has 2 bridgehead atoms. The van der Waals surface area contributed by atoms with Crippen molar-refractivity contribution >= 4 is 9.84 Å². The van der Waals surface area contributed by atoms with Gasteiger partial charge in [0.1, 0.15) is 0 Å². The highest BCUT2D eigenvalue weighted by Gasteiger charge is 2.46. The van der Waals surface area contributed by atoms with E-state index < -0.39 is 9.84 Å². The van der Waals surface area contributed by atoms with E-state index in [9.17, 15) is 8.42 Å². The fourth-order valence-corrected chi connectivity index (χ4v) is 4.55. The molecule has 3 fully saturated rings. The minimum atomic E-state index is -3.11. The molecule has 0 heterocycles. The van der Waals surface area contributed by atoms with Crippen LogP contribution in [0.5, 0.6) is 0 Å². The maximum Gasteiger partial charge on any atom is 0.175 e. The van der Waals surface area contributed by atoms with Gasteiger partial charge in [-0.15, -0.1) is 0 Å². The predicted octanol–water partition coefficient (Wildman–Crippen LogP) is 2.25. The summed E-state index contributed by atoms with van der Waals surface area (Å²) in [6.07, 6.45) is 7.20. The smallest absolute Gasteiger partial charge is 0.175 e. The zero-order valence-electron chi connectivity index (χ0n) is 11.3. The van der Waals surface area contributed by atoms with E-state index in [4.69, 9.17) is 5.73 Å². The van der Waals surface area contributed by atoms with Gasteiger partial charge in [-0.05, 0) is 55.7 Å². The van der Waals surface area contributed by atoms with Crippen LogP contribution in [0.3, 0.4) is 0 Å². The molecule has 0 amide bonds. The molecule has 1 unspecified atom stereocenters. The molecular weight excluding hydrogens is 258 g/mol. The summed E-state index contributed by atoms with van der Waals surface area (Å²) in [6, 6.07) is 7.63. The lowest BCUT2D eigenvalue weighted by Gasteiger charge is -2.51. The Morgan fingerprint density at radius 1 is 1.16 bits per heavy atom. The Labute approximate surface area is 115 Å². The lowest BCUT2D eigenvalue weighted by atomic mass is 9.55. The first-order valence-electron chi connectivity index (χ1n) is 6.98. The van der Waals surface area contributed by atoms with E-state index in [-0.39, 0.29) is 11.5 Å². The van der Waals surface area contributed by atoms with E-state index in [2.05, 4.69) is 0 Å². The van der Waals surface area contributed by atoms with Crippen molar-refractivity contribution in [1.29, 1.82) is 0 Å². The molecule has 3 aliphatic carbocycles. The minimum Gasteiger partial charge on any atom is -0.327 e. The zero-order chi connectivity index (χ0) is 13.7. The lowest BCUT2D eigenvalue weighted by Crippen LogP contribution is -2.53. The third-order valence-corrected chi connectivity index (χ3v) is 6.28. The molecule has 2 N–H and O–H groups in total. The van der Waals surface area contributed by atoms with Crippen molar-refractivity contribution in [2.24, 2.45) is 11.7 Å². The highest BCUT2D eigenvalue weighted by molar-refractivity contribution is 7.90. The quantitative estimate of drug-likeness (QED) is 0.903. The molecule has 0 aliphatic heterocycles. The van der Waals surface area contributed by atoms with Crippen LogP contribution in [0.25, 0.3) is 0 Å². The van der Waals surface area contributed by atoms with Crippen molar-refractivity contribution in [2.75, 3.05) is 6.26 Å².